The van der Waals surface area contributed by atoms with E-state index in [9.17, 15) is 4.79 Å². The van der Waals surface area contributed by atoms with E-state index in [4.69, 9.17) is 9.47 Å². The van der Waals surface area contributed by atoms with Gasteiger partial charge in [-0.25, -0.2) is 0 Å². The Morgan fingerprint density at radius 3 is 2.81 bits per heavy atom. The summed E-state index contributed by atoms with van der Waals surface area (Å²) in [5.41, 5.74) is 1.27. The van der Waals surface area contributed by atoms with E-state index in [1.807, 2.05) is 18.2 Å². The molecule has 1 N–H and O–H groups in total. The van der Waals surface area contributed by atoms with Crippen LogP contribution in [0.25, 0.3) is 0 Å². The van der Waals surface area contributed by atoms with Crippen LogP contribution in [0, 0.1) is 11.3 Å². The Balaban J connectivity index is 1.30. The minimum atomic E-state index is 0.00906. The molecule has 1 aromatic rings. The van der Waals surface area contributed by atoms with Crippen LogP contribution in [0.15, 0.2) is 30.3 Å². The summed E-state index contributed by atoms with van der Waals surface area (Å²) in [5, 5.41) is 3.13. The van der Waals surface area contributed by atoms with E-state index in [0.29, 0.717) is 24.9 Å². The number of amides is 1. The number of nitrogens with one attached hydrogen (secondary N) is 1. The lowest BCUT2D eigenvalue weighted by Crippen LogP contribution is -2.41. The van der Waals surface area contributed by atoms with Crippen molar-refractivity contribution in [1.29, 1.82) is 0 Å². The lowest BCUT2D eigenvalue weighted by Gasteiger charge is -2.33. The molecule has 26 heavy (non-hydrogen) atoms. The second-order valence-corrected chi connectivity index (χ2v) is 8.11. The van der Waals surface area contributed by atoms with Gasteiger partial charge in [-0.15, -0.1) is 0 Å². The van der Waals surface area contributed by atoms with Gasteiger partial charge in [0.25, 0.3) is 0 Å². The molecule has 0 bridgehead atoms. The number of carbonyl (C=O) groups excluding carboxylic acids is 1. The van der Waals surface area contributed by atoms with Crippen molar-refractivity contribution in [3.05, 3.63) is 35.9 Å². The molecule has 142 valence electrons. The van der Waals surface area contributed by atoms with Crippen molar-refractivity contribution >= 4 is 5.91 Å². The fraction of sp³-hybridized carbons (Fsp3) is 0.667. The first-order chi connectivity index (χ1) is 12.8. The number of carbonyl (C=O) groups is 1. The van der Waals surface area contributed by atoms with Crippen LogP contribution in [-0.2, 0) is 20.7 Å². The molecule has 3 aliphatic heterocycles. The van der Waals surface area contributed by atoms with Gasteiger partial charge in [-0.2, -0.15) is 0 Å². The first-order valence-corrected chi connectivity index (χ1v) is 9.95. The minimum absolute atomic E-state index is 0.00906. The summed E-state index contributed by atoms with van der Waals surface area (Å²) in [6, 6.07) is 10.9. The van der Waals surface area contributed by atoms with Crippen molar-refractivity contribution in [2.24, 2.45) is 11.3 Å². The van der Waals surface area contributed by atoms with E-state index in [-0.39, 0.29) is 11.3 Å². The summed E-state index contributed by atoms with van der Waals surface area (Å²) >= 11 is 0. The van der Waals surface area contributed by atoms with E-state index in [1.165, 1.54) is 5.56 Å². The van der Waals surface area contributed by atoms with Gasteiger partial charge in [-0.3, -0.25) is 9.69 Å². The summed E-state index contributed by atoms with van der Waals surface area (Å²) < 4.78 is 11.3. The van der Waals surface area contributed by atoms with Crippen LogP contribution in [0.3, 0.4) is 0 Å². The van der Waals surface area contributed by atoms with Gasteiger partial charge in [0, 0.05) is 56.6 Å². The molecule has 0 spiro atoms. The van der Waals surface area contributed by atoms with Crippen molar-refractivity contribution in [2.75, 3.05) is 46.1 Å². The van der Waals surface area contributed by atoms with E-state index in [1.54, 1.807) is 0 Å². The lowest BCUT2D eigenvalue weighted by atomic mass is 9.78. The van der Waals surface area contributed by atoms with Crippen LogP contribution in [0.4, 0.5) is 0 Å². The highest BCUT2D eigenvalue weighted by Gasteiger charge is 2.52. The van der Waals surface area contributed by atoms with Crippen LogP contribution in [0.5, 0.6) is 0 Å². The average Bonchev–Trinajstić information content (AvgIpc) is 3.20. The number of hydrogen-bond acceptors (Lipinski definition) is 4. The fourth-order valence-corrected chi connectivity index (χ4v) is 4.83. The molecule has 0 aliphatic carbocycles. The Morgan fingerprint density at radius 2 is 2.00 bits per heavy atom. The zero-order chi connectivity index (χ0) is 17.8. The molecule has 1 aromatic carbocycles. The zero-order valence-electron chi connectivity index (χ0n) is 15.5. The van der Waals surface area contributed by atoms with Gasteiger partial charge in [-0.1, -0.05) is 30.3 Å². The van der Waals surface area contributed by atoms with Crippen molar-refractivity contribution in [2.45, 2.75) is 31.7 Å². The molecule has 1 amide bonds. The van der Waals surface area contributed by atoms with Crippen molar-refractivity contribution in [1.82, 2.24) is 10.2 Å². The van der Waals surface area contributed by atoms with Crippen LogP contribution >= 0.6 is 0 Å². The van der Waals surface area contributed by atoms with E-state index < -0.39 is 0 Å². The van der Waals surface area contributed by atoms with Crippen LogP contribution < -0.4 is 5.32 Å². The van der Waals surface area contributed by atoms with Gasteiger partial charge < -0.3 is 14.8 Å². The number of ether oxygens (including phenoxy) is 2. The predicted octanol–water partition coefficient (Wildman–Crippen LogP) is 1.86. The molecule has 3 heterocycles. The normalized spacial score (nSPS) is 29.6. The smallest absolute Gasteiger partial charge is 0.220 e. The summed E-state index contributed by atoms with van der Waals surface area (Å²) in [4.78, 5) is 15.2. The Labute approximate surface area is 156 Å². The van der Waals surface area contributed by atoms with Crippen LogP contribution in [0.1, 0.15) is 24.8 Å². The molecule has 0 unspecified atom stereocenters. The summed E-state index contributed by atoms with van der Waals surface area (Å²) in [6.45, 7) is 6.04. The van der Waals surface area contributed by atoms with E-state index in [0.717, 1.165) is 58.8 Å². The van der Waals surface area contributed by atoms with Crippen LogP contribution in [-0.4, -0.2) is 62.9 Å². The number of benzene rings is 1. The maximum absolute atomic E-state index is 12.6. The molecule has 3 fully saturated rings. The zero-order valence-corrected chi connectivity index (χ0v) is 15.5. The molecular formula is C21H30N2O3. The quantitative estimate of drug-likeness (QED) is 0.843. The van der Waals surface area contributed by atoms with Gasteiger partial charge in [-0.05, 0) is 24.8 Å². The predicted molar refractivity (Wildman–Crippen MR) is 99.9 cm³/mol. The standard InChI is InChI=1S/C21H30N2O3/c24-20(22-9-6-17-4-2-1-3-5-17)12-21-15-23(13-18(21)14-26-16-21)19-7-10-25-11-8-19/h1-5,18-19H,6-16H2,(H,22,24)/t18-,21+/m1/s1. The van der Waals surface area contributed by atoms with Crippen LogP contribution in [0.2, 0.25) is 0 Å². The molecule has 3 saturated heterocycles. The third kappa shape index (κ3) is 3.95. The van der Waals surface area contributed by atoms with Gasteiger partial charge in [0.1, 0.15) is 0 Å². The second-order valence-electron chi connectivity index (χ2n) is 8.11. The Morgan fingerprint density at radius 1 is 1.19 bits per heavy atom. The first kappa shape index (κ1) is 18.0. The SMILES string of the molecule is O=C(C[C@]12COC[C@H]1CN(C1CCOCC1)C2)NCCc1ccccc1. The van der Waals surface area contributed by atoms with Gasteiger partial charge in [0.2, 0.25) is 5.91 Å². The first-order valence-electron chi connectivity index (χ1n) is 9.95. The number of likely N-dealkylation sites (tertiary alicyclic amines) is 1. The largest absolute Gasteiger partial charge is 0.381 e. The fourth-order valence-electron chi connectivity index (χ4n) is 4.83. The lowest BCUT2D eigenvalue weighted by molar-refractivity contribution is -0.123. The van der Waals surface area contributed by atoms with Crippen molar-refractivity contribution < 1.29 is 14.3 Å². The summed E-state index contributed by atoms with van der Waals surface area (Å²) in [5.74, 6) is 0.662. The van der Waals surface area contributed by atoms with Gasteiger partial charge in [0.15, 0.2) is 0 Å². The molecule has 5 nitrogen and oxygen atoms in total. The van der Waals surface area contributed by atoms with Crippen molar-refractivity contribution in [3.63, 3.8) is 0 Å². The van der Waals surface area contributed by atoms with Crippen molar-refractivity contribution in [3.8, 4) is 0 Å². The maximum Gasteiger partial charge on any atom is 0.220 e. The summed E-state index contributed by atoms with van der Waals surface area (Å²) in [6.07, 6.45) is 3.71. The maximum atomic E-state index is 12.6. The molecule has 3 aliphatic rings. The molecule has 0 aromatic heterocycles. The monoisotopic (exact) mass is 358 g/mol. The third-order valence-corrected chi connectivity index (χ3v) is 6.35. The van der Waals surface area contributed by atoms with Gasteiger partial charge >= 0.3 is 0 Å². The second kappa shape index (κ2) is 8.07. The highest BCUT2D eigenvalue weighted by atomic mass is 16.5. The molecule has 2 atom stereocenters. The van der Waals surface area contributed by atoms with E-state index in [2.05, 4.69) is 22.3 Å². The Kier molecular flexibility index (Phi) is 5.57. The highest BCUT2D eigenvalue weighted by molar-refractivity contribution is 5.77. The third-order valence-electron chi connectivity index (χ3n) is 6.35. The number of nitrogens with zero attached hydrogens (tertiary/aromatic N) is 1. The molecule has 0 radical (unpaired) electrons. The minimum Gasteiger partial charge on any atom is -0.381 e. The number of fused-ring (bicyclic) bond motifs is 1. The molecule has 0 saturated carbocycles. The average molecular weight is 358 g/mol. The highest BCUT2D eigenvalue weighted by Crippen LogP contribution is 2.45. The topological polar surface area (TPSA) is 50.8 Å². The Bertz CT molecular complexity index is 603. The van der Waals surface area contributed by atoms with Gasteiger partial charge in [0.05, 0.1) is 13.2 Å². The number of hydrogen-bond donors (Lipinski definition) is 1. The molecule has 4 rings (SSSR count). The summed E-state index contributed by atoms with van der Waals surface area (Å²) in [7, 11) is 0. The Hall–Kier alpha value is -1.43. The molecular weight excluding hydrogens is 328 g/mol. The van der Waals surface area contributed by atoms with E-state index >= 15 is 0 Å². The molecule has 5 heteroatoms. The number of rotatable bonds is 6.